The molecule has 1 saturated heterocycles. The van der Waals surface area contributed by atoms with Gasteiger partial charge in [0.05, 0.1) is 18.4 Å². The van der Waals surface area contributed by atoms with Crippen molar-refractivity contribution in [1.82, 2.24) is 19.4 Å². The van der Waals surface area contributed by atoms with Crippen molar-refractivity contribution in [3.63, 3.8) is 0 Å². The molecule has 2 aromatic heterocycles. The molecule has 4 rings (SSSR count). The first kappa shape index (κ1) is 22.4. The van der Waals surface area contributed by atoms with Gasteiger partial charge in [-0.3, -0.25) is 9.48 Å². The van der Waals surface area contributed by atoms with Gasteiger partial charge in [-0.1, -0.05) is 17.7 Å². The standard InChI is InChI=1S/C21H24ClN5O4S/c1-2-26-15-19(20(28)23-14-18-7-4-12-31-18)21(24-26)32(29,30)27-10-8-25(9-11-27)17-6-3-5-16(22)13-17/h3-7,12-13,15H,2,8-11,14H2,1H3,(H,23,28). The number of carbonyl (C=O) groups excluding carboxylic acids is 1. The van der Waals surface area contributed by atoms with Crippen molar-refractivity contribution in [3.05, 3.63) is 65.2 Å². The average molecular weight is 478 g/mol. The van der Waals surface area contributed by atoms with Crippen molar-refractivity contribution in [2.45, 2.75) is 25.0 Å². The summed E-state index contributed by atoms with van der Waals surface area (Å²) in [5.74, 6) is 0.0556. The molecule has 0 bridgehead atoms. The van der Waals surface area contributed by atoms with Crippen LogP contribution in [0, 0.1) is 0 Å². The van der Waals surface area contributed by atoms with Crippen LogP contribution in [0.4, 0.5) is 5.69 Å². The molecule has 0 radical (unpaired) electrons. The molecule has 0 saturated carbocycles. The highest BCUT2D eigenvalue weighted by atomic mass is 35.5. The van der Waals surface area contributed by atoms with E-state index in [1.165, 1.54) is 21.4 Å². The topological polar surface area (TPSA) is 101 Å². The number of nitrogens with one attached hydrogen (secondary N) is 1. The number of rotatable bonds is 7. The summed E-state index contributed by atoms with van der Waals surface area (Å²) >= 11 is 6.08. The van der Waals surface area contributed by atoms with Gasteiger partial charge in [-0.2, -0.15) is 9.40 Å². The van der Waals surface area contributed by atoms with Crippen LogP contribution < -0.4 is 10.2 Å². The third-order valence-corrected chi connectivity index (χ3v) is 7.37. The molecule has 0 atom stereocenters. The molecule has 1 N–H and O–H groups in total. The Morgan fingerprint density at radius 3 is 2.62 bits per heavy atom. The minimum atomic E-state index is -3.95. The van der Waals surface area contributed by atoms with E-state index in [0.717, 1.165) is 5.69 Å². The molecule has 1 aliphatic heterocycles. The van der Waals surface area contributed by atoms with E-state index in [0.29, 0.717) is 30.4 Å². The Bertz CT molecular complexity index is 1180. The summed E-state index contributed by atoms with van der Waals surface area (Å²) in [6.45, 7) is 4.00. The zero-order valence-electron chi connectivity index (χ0n) is 17.6. The lowest BCUT2D eigenvalue weighted by molar-refractivity contribution is 0.0944. The highest BCUT2D eigenvalue weighted by molar-refractivity contribution is 7.89. The zero-order chi connectivity index (χ0) is 22.7. The van der Waals surface area contributed by atoms with Crippen LogP contribution in [-0.4, -0.2) is 54.6 Å². The molecule has 11 heteroatoms. The van der Waals surface area contributed by atoms with Gasteiger partial charge < -0.3 is 14.6 Å². The second-order valence-electron chi connectivity index (χ2n) is 7.34. The minimum Gasteiger partial charge on any atom is -0.467 e. The van der Waals surface area contributed by atoms with Crippen LogP contribution >= 0.6 is 11.6 Å². The molecular formula is C21H24ClN5O4S. The molecule has 170 valence electrons. The predicted octanol–water partition coefficient (Wildman–Crippen LogP) is 2.59. The van der Waals surface area contributed by atoms with Gasteiger partial charge in [-0.25, -0.2) is 8.42 Å². The molecule has 0 spiro atoms. The summed E-state index contributed by atoms with van der Waals surface area (Å²) in [4.78, 5) is 14.9. The molecular weight excluding hydrogens is 454 g/mol. The van der Waals surface area contributed by atoms with Gasteiger partial charge >= 0.3 is 0 Å². The molecule has 3 aromatic rings. The van der Waals surface area contributed by atoms with Gasteiger partial charge in [0, 0.05) is 49.6 Å². The lowest BCUT2D eigenvalue weighted by atomic mass is 10.2. The van der Waals surface area contributed by atoms with Crippen LogP contribution in [-0.2, 0) is 23.1 Å². The molecule has 0 aliphatic carbocycles. The summed E-state index contributed by atoms with van der Waals surface area (Å²) in [6.07, 6.45) is 2.97. The van der Waals surface area contributed by atoms with E-state index in [4.69, 9.17) is 16.0 Å². The minimum absolute atomic E-state index is 0.0238. The molecule has 32 heavy (non-hydrogen) atoms. The summed E-state index contributed by atoms with van der Waals surface area (Å²) < 4.78 is 34.8. The molecule has 3 heterocycles. The molecule has 1 fully saturated rings. The monoisotopic (exact) mass is 477 g/mol. The number of amides is 1. The Labute approximate surface area is 191 Å². The highest BCUT2D eigenvalue weighted by Crippen LogP contribution is 2.24. The fourth-order valence-corrected chi connectivity index (χ4v) is 5.27. The van der Waals surface area contributed by atoms with Crippen LogP contribution in [0.15, 0.2) is 58.3 Å². The Hall–Kier alpha value is -2.82. The average Bonchev–Trinajstić information content (AvgIpc) is 3.48. The van der Waals surface area contributed by atoms with Crippen LogP contribution in [0.2, 0.25) is 5.02 Å². The number of nitrogens with zero attached hydrogens (tertiary/aromatic N) is 4. The fourth-order valence-electron chi connectivity index (χ4n) is 3.57. The third kappa shape index (κ3) is 4.67. The maximum atomic E-state index is 13.4. The number of aryl methyl sites for hydroxylation is 1. The van der Waals surface area contributed by atoms with Crippen LogP contribution in [0.1, 0.15) is 23.0 Å². The van der Waals surface area contributed by atoms with E-state index >= 15 is 0 Å². The van der Waals surface area contributed by atoms with Crippen molar-refractivity contribution >= 4 is 33.2 Å². The number of hydrogen-bond acceptors (Lipinski definition) is 6. The van der Waals surface area contributed by atoms with Gasteiger partial charge in [-0.05, 0) is 37.3 Å². The van der Waals surface area contributed by atoms with Gasteiger partial charge in [0.15, 0.2) is 0 Å². The summed E-state index contributed by atoms with van der Waals surface area (Å²) in [5.41, 5.74) is 0.971. The zero-order valence-corrected chi connectivity index (χ0v) is 19.1. The van der Waals surface area contributed by atoms with Crippen molar-refractivity contribution in [3.8, 4) is 0 Å². The van der Waals surface area contributed by atoms with Crippen LogP contribution in [0.3, 0.4) is 0 Å². The van der Waals surface area contributed by atoms with Crippen molar-refractivity contribution in [2.75, 3.05) is 31.1 Å². The molecule has 9 nitrogen and oxygen atoms in total. The van der Waals surface area contributed by atoms with Crippen LogP contribution in [0.5, 0.6) is 0 Å². The van der Waals surface area contributed by atoms with E-state index < -0.39 is 15.9 Å². The molecule has 1 aromatic carbocycles. The molecule has 1 amide bonds. The Balaban J connectivity index is 1.51. The summed E-state index contributed by atoms with van der Waals surface area (Å²) in [5, 5.41) is 7.30. The van der Waals surface area contributed by atoms with Crippen molar-refractivity contribution < 1.29 is 17.6 Å². The number of benzene rings is 1. The van der Waals surface area contributed by atoms with Crippen molar-refractivity contribution in [1.29, 1.82) is 0 Å². The number of aromatic nitrogens is 2. The number of furan rings is 1. The maximum Gasteiger partial charge on any atom is 0.263 e. The molecule has 1 aliphatic rings. The number of carbonyl (C=O) groups is 1. The van der Waals surface area contributed by atoms with E-state index in [9.17, 15) is 13.2 Å². The Morgan fingerprint density at radius 1 is 1.19 bits per heavy atom. The van der Waals surface area contributed by atoms with E-state index in [1.54, 1.807) is 18.2 Å². The van der Waals surface area contributed by atoms with Gasteiger partial charge in [0.2, 0.25) is 5.03 Å². The second-order valence-corrected chi connectivity index (χ2v) is 9.63. The highest BCUT2D eigenvalue weighted by Gasteiger charge is 2.34. The number of piperazine rings is 1. The number of sulfonamides is 1. The first-order valence-electron chi connectivity index (χ1n) is 10.3. The van der Waals surface area contributed by atoms with Gasteiger partial charge in [0.25, 0.3) is 15.9 Å². The van der Waals surface area contributed by atoms with Crippen LogP contribution in [0.25, 0.3) is 0 Å². The van der Waals surface area contributed by atoms with E-state index in [-0.39, 0.29) is 30.2 Å². The van der Waals surface area contributed by atoms with Gasteiger partial charge in [0.1, 0.15) is 5.76 Å². The largest absolute Gasteiger partial charge is 0.467 e. The Morgan fingerprint density at radius 2 is 1.97 bits per heavy atom. The maximum absolute atomic E-state index is 13.4. The first-order valence-corrected chi connectivity index (χ1v) is 12.1. The summed E-state index contributed by atoms with van der Waals surface area (Å²) in [6, 6.07) is 10.9. The number of hydrogen-bond donors (Lipinski definition) is 1. The smallest absolute Gasteiger partial charge is 0.263 e. The number of halogens is 1. The Kier molecular flexibility index (Phi) is 6.54. The fraction of sp³-hybridized carbons (Fsp3) is 0.333. The SMILES string of the molecule is CCn1cc(C(=O)NCc2ccco2)c(S(=O)(=O)N2CCN(c3cccc(Cl)c3)CC2)n1. The summed E-state index contributed by atoms with van der Waals surface area (Å²) in [7, 11) is -3.95. The normalized spacial score (nSPS) is 15.1. The predicted molar refractivity (Wildman–Crippen MR) is 120 cm³/mol. The lowest BCUT2D eigenvalue weighted by Crippen LogP contribution is -2.49. The molecule has 0 unspecified atom stereocenters. The lowest BCUT2D eigenvalue weighted by Gasteiger charge is -2.35. The van der Waals surface area contributed by atoms with E-state index in [1.807, 2.05) is 25.1 Å². The quantitative estimate of drug-likeness (QED) is 0.561. The second kappa shape index (κ2) is 9.35. The van der Waals surface area contributed by atoms with E-state index in [2.05, 4.69) is 15.3 Å². The third-order valence-electron chi connectivity index (χ3n) is 5.30. The van der Waals surface area contributed by atoms with Gasteiger partial charge in [-0.15, -0.1) is 0 Å². The first-order chi connectivity index (χ1) is 15.4. The van der Waals surface area contributed by atoms with Crippen molar-refractivity contribution in [2.24, 2.45) is 0 Å². The number of anilines is 1.